The lowest BCUT2D eigenvalue weighted by molar-refractivity contribution is -0.118. The predicted octanol–water partition coefficient (Wildman–Crippen LogP) is -0.0538. The van der Waals surface area contributed by atoms with Crippen LogP contribution in [0, 0.1) is 6.58 Å². The average molecular weight is 83.1 g/mol. The van der Waals surface area contributed by atoms with Crippen LogP contribution in [-0.4, -0.2) is 5.91 Å². The summed E-state index contributed by atoms with van der Waals surface area (Å²) in [4.78, 5) is 9.78. The molecule has 0 aliphatic heterocycles. The second-order valence-electron chi connectivity index (χ2n) is 0.845. The highest BCUT2D eigenvalue weighted by molar-refractivity contribution is 5.73. The van der Waals surface area contributed by atoms with Gasteiger partial charge >= 0.3 is 0 Å². The van der Waals surface area contributed by atoms with Crippen molar-refractivity contribution in [1.29, 1.82) is 0 Å². The average Bonchev–Trinajstić information content (AvgIpc) is 1.35. The standard InChI is InChI=1S/C4H5NO/c1-3-5-4(2)6/h3H,2H3,(H,5,6). The van der Waals surface area contributed by atoms with Gasteiger partial charge in [0.1, 0.15) is 0 Å². The van der Waals surface area contributed by atoms with E-state index in [9.17, 15) is 4.79 Å². The van der Waals surface area contributed by atoms with Gasteiger partial charge in [0.05, 0.1) is 0 Å². The number of nitrogens with one attached hydrogen (secondary N) is 1. The van der Waals surface area contributed by atoms with Crippen molar-refractivity contribution in [2.45, 2.75) is 6.92 Å². The maximum absolute atomic E-state index is 9.78. The van der Waals surface area contributed by atoms with E-state index in [1.807, 2.05) is 0 Å². The van der Waals surface area contributed by atoms with E-state index in [-0.39, 0.29) is 5.91 Å². The van der Waals surface area contributed by atoms with Gasteiger partial charge in [-0.25, -0.2) is 0 Å². The van der Waals surface area contributed by atoms with Gasteiger partial charge in [0, 0.05) is 19.7 Å². The molecule has 0 saturated heterocycles. The highest BCUT2D eigenvalue weighted by Crippen LogP contribution is 1.53. The van der Waals surface area contributed by atoms with Crippen LogP contribution < -0.4 is 5.32 Å². The molecule has 0 bridgehead atoms. The first-order chi connectivity index (χ1) is 2.77. The Morgan fingerprint density at radius 2 is 2.50 bits per heavy atom. The summed E-state index contributed by atoms with van der Waals surface area (Å²) in [5.41, 5.74) is 0. The van der Waals surface area contributed by atoms with Crippen molar-refractivity contribution in [3.63, 3.8) is 0 Å². The molecule has 2 heteroatoms. The van der Waals surface area contributed by atoms with Gasteiger partial charge in [-0.05, 0) is 0 Å². The molecular formula is C4H5NO. The Morgan fingerprint density at radius 1 is 2.00 bits per heavy atom. The van der Waals surface area contributed by atoms with Crippen LogP contribution in [0.4, 0.5) is 0 Å². The van der Waals surface area contributed by atoms with E-state index in [4.69, 9.17) is 6.58 Å². The number of hydrogen-bond acceptors (Lipinski definition) is 1. The predicted molar refractivity (Wildman–Crippen MR) is 21.6 cm³/mol. The Kier molecular flexibility index (Phi) is 2.13. The minimum Gasteiger partial charge on any atom is -0.332 e. The van der Waals surface area contributed by atoms with E-state index in [2.05, 4.69) is 5.32 Å². The minimum absolute atomic E-state index is 0.204. The largest absolute Gasteiger partial charge is 0.332 e. The van der Waals surface area contributed by atoms with Crippen molar-refractivity contribution < 1.29 is 4.79 Å². The molecule has 0 heterocycles. The van der Waals surface area contributed by atoms with Crippen molar-refractivity contribution in [2.75, 3.05) is 0 Å². The summed E-state index contributed by atoms with van der Waals surface area (Å²) < 4.78 is 0. The summed E-state index contributed by atoms with van der Waals surface area (Å²) in [5, 5.41) is 2.11. The second kappa shape index (κ2) is 2.45. The number of hydrogen-bond donors (Lipinski definition) is 1. The molecule has 0 fully saturated rings. The van der Waals surface area contributed by atoms with Crippen molar-refractivity contribution in [2.24, 2.45) is 0 Å². The molecule has 1 amide bonds. The zero-order chi connectivity index (χ0) is 4.99. The highest BCUT2D eigenvalue weighted by Gasteiger charge is 1.76. The van der Waals surface area contributed by atoms with Crippen LogP contribution in [0.5, 0.6) is 0 Å². The molecule has 32 valence electrons. The lowest BCUT2D eigenvalue weighted by Crippen LogP contribution is -2.10. The molecule has 0 rings (SSSR count). The Balaban J connectivity index is 3.05. The first-order valence-electron chi connectivity index (χ1n) is 1.53. The molecule has 2 radical (unpaired) electrons. The highest BCUT2D eigenvalue weighted by atomic mass is 16.1. The normalized spacial score (nSPS) is 6.83. The molecule has 1 N–H and O–H groups in total. The Morgan fingerprint density at radius 3 is 2.50 bits per heavy atom. The molecule has 6 heavy (non-hydrogen) atoms. The molecule has 2 nitrogen and oxygen atoms in total. The van der Waals surface area contributed by atoms with Crippen LogP contribution in [0.25, 0.3) is 0 Å². The van der Waals surface area contributed by atoms with Gasteiger partial charge in [0.25, 0.3) is 0 Å². The van der Waals surface area contributed by atoms with Gasteiger partial charge < -0.3 is 5.32 Å². The molecule has 0 atom stereocenters. The first-order valence-corrected chi connectivity index (χ1v) is 1.53. The molecule has 0 saturated carbocycles. The van der Waals surface area contributed by atoms with Crippen LogP contribution in [0.3, 0.4) is 0 Å². The van der Waals surface area contributed by atoms with Gasteiger partial charge in [-0.15, -0.1) is 0 Å². The fraction of sp³-hybridized carbons (Fsp3) is 0.250. The summed E-state index contributed by atoms with van der Waals surface area (Å²) >= 11 is 0. The smallest absolute Gasteiger partial charge is 0.220 e. The topological polar surface area (TPSA) is 29.1 Å². The number of carbonyl (C=O) groups is 1. The quantitative estimate of drug-likeness (QED) is 0.473. The van der Waals surface area contributed by atoms with Crippen molar-refractivity contribution in [1.82, 2.24) is 5.32 Å². The zero-order valence-corrected chi connectivity index (χ0v) is 3.49. The second-order valence-corrected chi connectivity index (χ2v) is 0.845. The van der Waals surface area contributed by atoms with Gasteiger partial charge in [0.15, 0.2) is 0 Å². The molecular weight excluding hydrogens is 78.0 g/mol. The summed E-state index contributed by atoms with van der Waals surface area (Å²) in [6.07, 6.45) is 0.850. The van der Waals surface area contributed by atoms with E-state index < -0.39 is 0 Å². The summed E-state index contributed by atoms with van der Waals surface area (Å²) in [6, 6.07) is 0. The van der Waals surface area contributed by atoms with Gasteiger partial charge in [-0.3, -0.25) is 4.79 Å². The molecule has 0 spiro atoms. The van der Waals surface area contributed by atoms with Crippen LogP contribution >= 0.6 is 0 Å². The number of rotatable bonds is 1. The first kappa shape index (κ1) is 5.21. The van der Waals surface area contributed by atoms with Gasteiger partial charge in [-0.2, -0.15) is 0 Å². The van der Waals surface area contributed by atoms with E-state index in [0.29, 0.717) is 0 Å². The number of amides is 1. The maximum Gasteiger partial charge on any atom is 0.220 e. The van der Waals surface area contributed by atoms with Gasteiger partial charge in [-0.1, -0.05) is 0 Å². The van der Waals surface area contributed by atoms with Crippen molar-refractivity contribution >= 4 is 5.91 Å². The third kappa shape index (κ3) is 3.21. The third-order valence-corrected chi connectivity index (χ3v) is 0.275. The molecule has 0 unspecified atom stereocenters. The molecule has 0 aliphatic carbocycles. The lowest BCUT2D eigenvalue weighted by Gasteiger charge is -1.82. The van der Waals surface area contributed by atoms with Crippen molar-refractivity contribution in [3.8, 4) is 0 Å². The molecule has 0 aliphatic rings. The fourth-order valence-corrected chi connectivity index (χ4v) is 0.102. The monoisotopic (exact) mass is 83.0 g/mol. The summed E-state index contributed by atoms with van der Waals surface area (Å²) in [6.45, 7) is 7.63. The molecule has 0 aromatic carbocycles. The number of carbonyl (C=O) groups excluding carboxylic acids is 1. The van der Waals surface area contributed by atoms with E-state index >= 15 is 0 Å². The van der Waals surface area contributed by atoms with Crippen LogP contribution in [-0.2, 0) is 4.79 Å². The SMILES string of the molecule is [C]=CNC(C)=O. The maximum atomic E-state index is 9.78. The lowest BCUT2D eigenvalue weighted by atomic mass is 10.7. The van der Waals surface area contributed by atoms with E-state index in [1.54, 1.807) is 0 Å². The Labute approximate surface area is 36.9 Å². The Bertz CT molecular complexity index is 67.9. The van der Waals surface area contributed by atoms with E-state index in [0.717, 1.165) is 6.20 Å². The van der Waals surface area contributed by atoms with E-state index in [1.165, 1.54) is 6.92 Å². The minimum atomic E-state index is -0.204. The third-order valence-electron chi connectivity index (χ3n) is 0.275. The van der Waals surface area contributed by atoms with Crippen molar-refractivity contribution in [3.05, 3.63) is 12.8 Å². The zero-order valence-electron chi connectivity index (χ0n) is 3.49. The molecule has 0 aromatic rings. The van der Waals surface area contributed by atoms with Crippen LogP contribution in [0.1, 0.15) is 6.92 Å². The molecule has 0 aromatic heterocycles. The fourth-order valence-electron chi connectivity index (χ4n) is 0.102. The van der Waals surface area contributed by atoms with Gasteiger partial charge in [0.2, 0.25) is 5.91 Å². The summed E-state index contributed by atoms with van der Waals surface area (Å²) in [5.74, 6) is -0.204. The summed E-state index contributed by atoms with van der Waals surface area (Å²) in [7, 11) is 0. The van der Waals surface area contributed by atoms with Crippen LogP contribution in [0.15, 0.2) is 6.20 Å². The Hall–Kier alpha value is -0.790. The van der Waals surface area contributed by atoms with Crippen LogP contribution in [0.2, 0.25) is 0 Å².